The molecule has 0 aliphatic carbocycles. The zero-order chi connectivity index (χ0) is 15.6. The SMILES string of the molecule is Nc1ccc(CNS(=O)(=O)c2c(Cl)cc(Cl)cc2Cl)cc1. The van der Waals surface area contributed by atoms with E-state index in [0.717, 1.165) is 5.56 Å². The summed E-state index contributed by atoms with van der Waals surface area (Å²) in [6, 6.07) is 9.48. The Hall–Kier alpha value is -0.980. The minimum atomic E-state index is -3.85. The highest BCUT2D eigenvalue weighted by Crippen LogP contribution is 2.32. The van der Waals surface area contributed by atoms with Crippen molar-refractivity contribution in [3.63, 3.8) is 0 Å². The normalized spacial score (nSPS) is 11.6. The summed E-state index contributed by atoms with van der Waals surface area (Å²) in [4.78, 5) is -0.189. The second-order valence-electron chi connectivity index (χ2n) is 4.26. The number of halogens is 3. The van der Waals surface area contributed by atoms with E-state index in [0.29, 0.717) is 5.69 Å². The lowest BCUT2D eigenvalue weighted by Gasteiger charge is -2.10. The molecule has 0 heterocycles. The molecule has 0 fully saturated rings. The van der Waals surface area contributed by atoms with Gasteiger partial charge in [-0.15, -0.1) is 0 Å². The summed E-state index contributed by atoms with van der Waals surface area (Å²) in [6.07, 6.45) is 0. The molecule has 2 aromatic rings. The van der Waals surface area contributed by atoms with Crippen LogP contribution in [0.3, 0.4) is 0 Å². The summed E-state index contributed by atoms with van der Waals surface area (Å²) in [7, 11) is -3.85. The molecule has 21 heavy (non-hydrogen) atoms. The Morgan fingerprint density at radius 2 is 1.52 bits per heavy atom. The molecule has 8 heteroatoms. The first-order valence-corrected chi connectivity index (χ1v) is 8.40. The Morgan fingerprint density at radius 1 is 1.00 bits per heavy atom. The van der Waals surface area contributed by atoms with Crippen LogP contribution in [-0.4, -0.2) is 8.42 Å². The number of hydrogen-bond donors (Lipinski definition) is 2. The van der Waals surface area contributed by atoms with Gasteiger partial charge in [0.05, 0.1) is 10.0 Å². The zero-order valence-electron chi connectivity index (χ0n) is 10.6. The standard InChI is InChI=1S/C13H11Cl3N2O2S/c14-9-5-11(15)13(12(16)6-9)21(19,20)18-7-8-1-3-10(17)4-2-8/h1-6,18H,7,17H2. The van der Waals surface area contributed by atoms with Gasteiger partial charge in [-0.2, -0.15) is 0 Å². The summed E-state index contributed by atoms with van der Waals surface area (Å²) >= 11 is 17.6. The van der Waals surface area contributed by atoms with Crippen molar-refractivity contribution in [3.8, 4) is 0 Å². The second-order valence-corrected chi connectivity index (χ2v) is 7.22. The molecule has 3 N–H and O–H groups in total. The Balaban J connectivity index is 2.25. The fraction of sp³-hybridized carbons (Fsp3) is 0.0769. The largest absolute Gasteiger partial charge is 0.399 e. The number of sulfonamides is 1. The van der Waals surface area contributed by atoms with Crippen LogP contribution in [-0.2, 0) is 16.6 Å². The van der Waals surface area contributed by atoms with Crippen LogP contribution < -0.4 is 10.5 Å². The Bertz CT molecular complexity index is 738. The average Bonchev–Trinajstić information content (AvgIpc) is 2.36. The van der Waals surface area contributed by atoms with Crippen molar-refractivity contribution in [3.05, 3.63) is 57.0 Å². The molecule has 0 radical (unpaired) electrons. The zero-order valence-corrected chi connectivity index (χ0v) is 13.7. The van der Waals surface area contributed by atoms with Crippen molar-refractivity contribution in [2.24, 2.45) is 0 Å². The summed E-state index contributed by atoms with van der Waals surface area (Å²) in [6.45, 7) is 0.0951. The number of rotatable bonds is 4. The van der Waals surface area contributed by atoms with Crippen molar-refractivity contribution >= 4 is 50.5 Å². The van der Waals surface area contributed by atoms with Crippen LogP contribution in [0.5, 0.6) is 0 Å². The molecule has 0 atom stereocenters. The van der Waals surface area contributed by atoms with E-state index in [1.807, 2.05) is 0 Å². The average molecular weight is 366 g/mol. The van der Waals surface area contributed by atoms with E-state index < -0.39 is 10.0 Å². The third-order valence-electron chi connectivity index (χ3n) is 2.68. The monoisotopic (exact) mass is 364 g/mol. The third-order valence-corrected chi connectivity index (χ3v) is 5.22. The molecule has 0 bridgehead atoms. The lowest BCUT2D eigenvalue weighted by atomic mass is 10.2. The first-order valence-electron chi connectivity index (χ1n) is 5.78. The van der Waals surface area contributed by atoms with Gasteiger partial charge >= 0.3 is 0 Å². The summed E-state index contributed by atoms with van der Waals surface area (Å²) in [5.74, 6) is 0. The molecule has 0 aromatic heterocycles. The van der Waals surface area contributed by atoms with Crippen molar-refractivity contribution < 1.29 is 8.42 Å². The highest BCUT2D eigenvalue weighted by Gasteiger charge is 2.22. The molecular formula is C13H11Cl3N2O2S. The van der Waals surface area contributed by atoms with Crippen molar-refractivity contribution in [2.75, 3.05) is 5.73 Å². The molecule has 4 nitrogen and oxygen atoms in total. The lowest BCUT2D eigenvalue weighted by Crippen LogP contribution is -2.24. The number of hydrogen-bond acceptors (Lipinski definition) is 3. The molecule has 112 valence electrons. The summed E-state index contributed by atoms with van der Waals surface area (Å²) in [5.41, 5.74) is 6.93. The summed E-state index contributed by atoms with van der Waals surface area (Å²) < 4.78 is 27.0. The van der Waals surface area contributed by atoms with Crippen LogP contribution in [0.25, 0.3) is 0 Å². The fourth-order valence-corrected chi connectivity index (χ4v) is 4.23. The Labute approximate surface area is 137 Å². The summed E-state index contributed by atoms with van der Waals surface area (Å²) in [5, 5.41) is 0.206. The molecule has 0 amide bonds. The number of nitrogens with one attached hydrogen (secondary N) is 1. The van der Waals surface area contributed by atoms with Gasteiger partial charge in [-0.05, 0) is 29.8 Å². The number of nitrogen functional groups attached to an aromatic ring is 1. The second kappa shape index (κ2) is 6.42. The molecule has 0 saturated carbocycles. The lowest BCUT2D eigenvalue weighted by molar-refractivity contribution is 0.581. The molecule has 0 aliphatic heterocycles. The minimum absolute atomic E-state index is 0.0303. The van der Waals surface area contributed by atoms with Gasteiger partial charge in [0.1, 0.15) is 4.90 Å². The van der Waals surface area contributed by atoms with Gasteiger partial charge < -0.3 is 5.73 Å². The maximum Gasteiger partial charge on any atom is 0.243 e. The van der Waals surface area contributed by atoms with Crippen LogP contribution in [0.2, 0.25) is 15.1 Å². The molecule has 0 saturated heterocycles. The van der Waals surface area contributed by atoms with E-state index in [9.17, 15) is 8.42 Å². The predicted molar refractivity (Wildman–Crippen MR) is 86.4 cm³/mol. The van der Waals surface area contributed by atoms with E-state index in [1.165, 1.54) is 12.1 Å². The van der Waals surface area contributed by atoms with Gasteiger partial charge in [-0.25, -0.2) is 13.1 Å². The highest BCUT2D eigenvalue weighted by molar-refractivity contribution is 7.89. The van der Waals surface area contributed by atoms with E-state index in [4.69, 9.17) is 40.5 Å². The highest BCUT2D eigenvalue weighted by atomic mass is 35.5. The molecule has 2 rings (SSSR count). The maximum absolute atomic E-state index is 12.3. The fourth-order valence-electron chi connectivity index (χ4n) is 1.67. The van der Waals surface area contributed by atoms with E-state index in [2.05, 4.69) is 4.72 Å². The van der Waals surface area contributed by atoms with Crippen molar-refractivity contribution in [1.82, 2.24) is 4.72 Å². The van der Waals surface area contributed by atoms with E-state index in [-0.39, 0.29) is 26.5 Å². The van der Waals surface area contributed by atoms with Crippen LogP contribution in [0.1, 0.15) is 5.56 Å². The Kier molecular flexibility index (Phi) is 5.01. The van der Waals surface area contributed by atoms with Crippen LogP contribution >= 0.6 is 34.8 Å². The topological polar surface area (TPSA) is 72.2 Å². The predicted octanol–water partition coefficient (Wildman–Crippen LogP) is 3.71. The number of anilines is 1. The number of benzene rings is 2. The van der Waals surface area contributed by atoms with Gasteiger partial charge in [0, 0.05) is 17.3 Å². The molecule has 0 spiro atoms. The minimum Gasteiger partial charge on any atom is -0.399 e. The molecule has 2 aromatic carbocycles. The molecular weight excluding hydrogens is 355 g/mol. The van der Waals surface area contributed by atoms with Crippen LogP contribution in [0.4, 0.5) is 5.69 Å². The van der Waals surface area contributed by atoms with E-state index in [1.54, 1.807) is 24.3 Å². The van der Waals surface area contributed by atoms with Gasteiger partial charge in [0.15, 0.2) is 0 Å². The first-order chi connectivity index (χ1) is 9.79. The number of nitrogens with two attached hydrogens (primary N) is 1. The van der Waals surface area contributed by atoms with Gasteiger partial charge in [0.25, 0.3) is 0 Å². The van der Waals surface area contributed by atoms with Gasteiger partial charge in [0.2, 0.25) is 10.0 Å². The maximum atomic E-state index is 12.3. The smallest absolute Gasteiger partial charge is 0.243 e. The van der Waals surface area contributed by atoms with Gasteiger partial charge in [-0.3, -0.25) is 0 Å². The third kappa shape index (κ3) is 4.02. The van der Waals surface area contributed by atoms with E-state index >= 15 is 0 Å². The van der Waals surface area contributed by atoms with Gasteiger partial charge in [-0.1, -0.05) is 46.9 Å². The quantitative estimate of drug-likeness (QED) is 0.811. The van der Waals surface area contributed by atoms with Crippen LogP contribution in [0.15, 0.2) is 41.3 Å². The Morgan fingerprint density at radius 3 is 2.05 bits per heavy atom. The molecule has 0 unspecified atom stereocenters. The van der Waals surface area contributed by atoms with Crippen molar-refractivity contribution in [2.45, 2.75) is 11.4 Å². The first kappa shape index (κ1) is 16.4. The van der Waals surface area contributed by atoms with Crippen LogP contribution in [0, 0.1) is 0 Å². The molecule has 0 aliphatic rings. The van der Waals surface area contributed by atoms with Crippen molar-refractivity contribution in [1.29, 1.82) is 0 Å².